The lowest BCUT2D eigenvalue weighted by Crippen LogP contribution is -1.88. The Morgan fingerprint density at radius 3 is 2.93 bits per heavy atom. The Morgan fingerprint density at radius 2 is 2.27 bits per heavy atom. The van der Waals surface area contributed by atoms with Crippen LogP contribution in [0.1, 0.15) is 11.3 Å². The van der Waals surface area contributed by atoms with Gasteiger partial charge in [-0.05, 0) is 30.5 Å². The van der Waals surface area contributed by atoms with Gasteiger partial charge in [-0.3, -0.25) is 0 Å². The SMILES string of the molecule is Cc1ccc(C#N)c(Sc2cccs2)n1. The fraction of sp³-hybridized carbons (Fsp3) is 0.0909. The van der Waals surface area contributed by atoms with Gasteiger partial charge in [0.15, 0.2) is 0 Å². The molecule has 2 nitrogen and oxygen atoms in total. The molecule has 0 radical (unpaired) electrons. The highest BCUT2D eigenvalue weighted by Crippen LogP contribution is 2.31. The molecular weight excluding hydrogens is 224 g/mol. The summed E-state index contributed by atoms with van der Waals surface area (Å²) in [5, 5.41) is 11.7. The van der Waals surface area contributed by atoms with E-state index >= 15 is 0 Å². The Morgan fingerprint density at radius 1 is 1.40 bits per heavy atom. The maximum Gasteiger partial charge on any atom is 0.120 e. The van der Waals surface area contributed by atoms with Crippen LogP contribution in [0.15, 0.2) is 38.9 Å². The third kappa shape index (κ3) is 2.38. The van der Waals surface area contributed by atoms with E-state index in [9.17, 15) is 0 Å². The van der Waals surface area contributed by atoms with E-state index in [-0.39, 0.29) is 0 Å². The van der Waals surface area contributed by atoms with Crippen molar-refractivity contribution in [2.24, 2.45) is 0 Å². The van der Waals surface area contributed by atoms with E-state index in [2.05, 4.69) is 11.1 Å². The lowest BCUT2D eigenvalue weighted by atomic mass is 10.3. The van der Waals surface area contributed by atoms with E-state index in [0.717, 1.165) is 14.9 Å². The van der Waals surface area contributed by atoms with Crippen LogP contribution in [-0.4, -0.2) is 4.98 Å². The molecular formula is C11H8N2S2. The van der Waals surface area contributed by atoms with Crippen LogP contribution in [0.3, 0.4) is 0 Å². The molecule has 0 aliphatic rings. The van der Waals surface area contributed by atoms with Crippen LogP contribution in [0.4, 0.5) is 0 Å². The van der Waals surface area contributed by atoms with Crippen molar-refractivity contribution in [3.63, 3.8) is 0 Å². The smallest absolute Gasteiger partial charge is 0.120 e. The molecule has 0 aromatic carbocycles. The van der Waals surface area contributed by atoms with E-state index in [0.29, 0.717) is 5.56 Å². The second kappa shape index (κ2) is 4.47. The summed E-state index contributed by atoms with van der Waals surface area (Å²) in [6, 6.07) is 9.86. The Labute approximate surface area is 96.6 Å². The molecule has 0 atom stereocenters. The molecule has 0 N–H and O–H groups in total. The molecule has 0 amide bonds. The van der Waals surface area contributed by atoms with Gasteiger partial charge in [0, 0.05) is 5.69 Å². The fourth-order valence-electron chi connectivity index (χ4n) is 1.11. The number of pyridine rings is 1. The fourth-order valence-corrected chi connectivity index (χ4v) is 2.91. The predicted octanol–water partition coefficient (Wildman–Crippen LogP) is 3.47. The summed E-state index contributed by atoms with van der Waals surface area (Å²) in [4.78, 5) is 4.37. The molecule has 0 aliphatic carbocycles. The average Bonchev–Trinajstić information content (AvgIpc) is 2.71. The Balaban J connectivity index is 2.35. The second-order valence-electron chi connectivity index (χ2n) is 2.95. The van der Waals surface area contributed by atoms with Crippen molar-refractivity contribution in [3.8, 4) is 6.07 Å². The van der Waals surface area contributed by atoms with Crippen molar-refractivity contribution >= 4 is 23.1 Å². The number of hydrogen-bond donors (Lipinski definition) is 0. The zero-order chi connectivity index (χ0) is 10.7. The Hall–Kier alpha value is -1.31. The van der Waals surface area contributed by atoms with Gasteiger partial charge < -0.3 is 0 Å². The largest absolute Gasteiger partial charge is 0.245 e. The number of nitrogens with zero attached hydrogens (tertiary/aromatic N) is 2. The van der Waals surface area contributed by atoms with Gasteiger partial charge in [0.05, 0.1) is 9.77 Å². The third-order valence-corrected chi connectivity index (χ3v) is 3.85. The monoisotopic (exact) mass is 232 g/mol. The molecule has 2 aromatic rings. The summed E-state index contributed by atoms with van der Waals surface area (Å²) in [6.45, 7) is 1.93. The maximum atomic E-state index is 8.94. The molecule has 0 spiro atoms. The second-order valence-corrected chi connectivity index (χ2v) is 5.19. The first-order chi connectivity index (χ1) is 7.29. The normalized spacial score (nSPS) is 9.87. The molecule has 2 rings (SSSR count). The maximum absolute atomic E-state index is 8.94. The van der Waals surface area contributed by atoms with Crippen molar-refractivity contribution in [3.05, 3.63) is 40.9 Å². The Kier molecular flexibility index (Phi) is 3.05. The number of hydrogen-bond acceptors (Lipinski definition) is 4. The number of thiophene rings is 1. The highest BCUT2D eigenvalue weighted by molar-refractivity contribution is 8.01. The molecule has 0 bridgehead atoms. The van der Waals surface area contributed by atoms with Crippen LogP contribution in [0.2, 0.25) is 0 Å². The van der Waals surface area contributed by atoms with Gasteiger partial charge in [-0.2, -0.15) is 5.26 Å². The number of rotatable bonds is 2. The topological polar surface area (TPSA) is 36.7 Å². The molecule has 15 heavy (non-hydrogen) atoms. The van der Waals surface area contributed by atoms with Crippen LogP contribution in [-0.2, 0) is 0 Å². The highest BCUT2D eigenvalue weighted by atomic mass is 32.2. The molecule has 0 unspecified atom stereocenters. The summed E-state index contributed by atoms with van der Waals surface area (Å²) in [6.07, 6.45) is 0. The van der Waals surface area contributed by atoms with E-state index in [1.54, 1.807) is 23.1 Å². The van der Waals surface area contributed by atoms with Gasteiger partial charge in [0.1, 0.15) is 11.1 Å². The van der Waals surface area contributed by atoms with Gasteiger partial charge >= 0.3 is 0 Å². The van der Waals surface area contributed by atoms with Gasteiger partial charge in [0.25, 0.3) is 0 Å². The summed E-state index contributed by atoms with van der Waals surface area (Å²) < 4.78 is 1.16. The predicted molar refractivity (Wildman–Crippen MR) is 62.1 cm³/mol. The highest BCUT2D eigenvalue weighted by Gasteiger charge is 2.06. The first kappa shape index (κ1) is 10.2. The van der Waals surface area contributed by atoms with Crippen LogP contribution in [0, 0.1) is 18.3 Å². The number of aromatic nitrogens is 1. The van der Waals surface area contributed by atoms with Gasteiger partial charge in [-0.1, -0.05) is 17.8 Å². The molecule has 2 heterocycles. The van der Waals surface area contributed by atoms with Crippen molar-refractivity contribution in [1.82, 2.24) is 4.98 Å². The number of nitriles is 1. The molecule has 0 fully saturated rings. The van der Waals surface area contributed by atoms with Crippen molar-refractivity contribution in [1.29, 1.82) is 5.26 Å². The van der Waals surface area contributed by atoms with E-state index in [1.807, 2.05) is 36.6 Å². The summed E-state index contributed by atoms with van der Waals surface area (Å²) in [7, 11) is 0. The zero-order valence-corrected chi connectivity index (χ0v) is 9.73. The molecule has 2 aromatic heterocycles. The first-order valence-electron chi connectivity index (χ1n) is 4.38. The van der Waals surface area contributed by atoms with Crippen molar-refractivity contribution < 1.29 is 0 Å². The zero-order valence-electron chi connectivity index (χ0n) is 8.10. The standard InChI is InChI=1S/C11H8N2S2/c1-8-4-5-9(7-12)11(13-8)15-10-3-2-6-14-10/h2-6H,1H3. The van der Waals surface area contributed by atoms with Gasteiger partial charge in [-0.25, -0.2) is 4.98 Å². The summed E-state index contributed by atoms with van der Waals surface area (Å²) in [5.41, 5.74) is 1.58. The minimum absolute atomic E-state index is 0.638. The van der Waals surface area contributed by atoms with Crippen LogP contribution < -0.4 is 0 Å². The minimum atomic E-state index is 0.638. The molecule has 4 heteroatoms. The molecule has 0 saturated heterocycles. The molecule has 0 saturated carbocycles. The van der Waals surface area contributed by atoms with Crippen LogP contribution >= 0.6 is 23.1 Å². The minimum Gasteiger partial charge on any atom is -0.245 e. The molecule has 74 valence electrons. The lowest BCUT2D eigenvalue weighted by Gasteiger charge is -2.01. The third-order valence-electron chi connectivity index (χ3n) is 1.81. The van der Waals surface area contributed by atoms with E-state index < -0.39 is 0 Å². The lowest BCUT2D eigenvalue weighted by molar-refractivity contribution is 1.05. The molecule has 0 aliphatic heterocycles. The quantitative estimate of drug-likeness (QED) is 0.795. The summed E-state index contributed by atoms with van der Waals surface area (Å²) in [5.74, 6) is 0. The van der Waals surface area contributed by atoms with Crippen LogP contribution in [0.25, 0.3) is 0 Å². The van der Waals surface area contributed by atoms with Gasteiger partial charge in [0.2, 0.25) is 0 Å². The van der Waals surface area contributed by atoms with Gasteiger partial charge in [-0.15, -0.1) is 11.3 Å². The van der Waals surface area contributed by atoms with E-state index in [1.165, 1.54) is 0 Å². The van der Waals surface area contributed by atoms with Crippen molar-refractivity contribution in [2.75, 3.05) is 0 Å². The first-order valence-corrected chi connectivity index (χ1v) is 6.08. The number of aryl methyl sites for hydroxylation is 1. The summed E-state index contributed by atoms with van der Waals surface area (Å²) >= 11 is 3.20. The van der Waals surface area contributed by atoms with Crippen LogP contribution in [0.5, 0.6) is 0 Å². The Bertz CT molecular complexity index is 498. The van der Waals surface area contributed by atoms with Crippen molar-refractivity contribution in [2.45, 2.75) is 16.2 Å². The average molecular weight is 232 g/mol. The van der Waals surface area contributed by atoms with E-state index in [4.69, 9.17) is 5.26 Å².